The van der Waals surface area contributed by atoms with Crippen LogP contribution in [0.1, 0.15) is 51.9 Å². The van der Waals surface area contributed by atoms with Gasteiger partial charge in [0.1, 0.15) is 0 Å². The highest BCUT2D eigenvalue weighted by atomic mass is 16.5. The molecule has 0 bridgehead atoms. The lowest BCUT2D eigenvalue weighted by molar-refractivity contribution is 0.179. The number of ether oxygens (including phenoxy) is 1. The van der Waals surface area contributed by atoms with Crippen molar-refractivity contribution in [2.45, 2.75) is 57.9 Å². The van der Waals surface area contributed by atoms with Crippen molar-refractivity contribution in [2.24, 2.45) is 16.6 Å². The van der Waals surface area contributed by atoms with Gasteiger partial charge >= 0.3 is 0 Å². The number of nitrogens with zero attached hydrogens (tertiary/aromatic N) is 1. The highest BCUT2D eigenvalue weighted by molar-refractivity contribution is 5.78. The summed E-state index contributed by atoms with van der Waals surface area (Å²) in [5, 5.41) is 3.12. The molecule has 1 saturated carbocycles. The van der Waals surface area contributed by atoms with Crippen LogP contribution in [-0.2, 0) is 4.74 Å². The molecule has 0 radical (unpaired) electrons. The first kappa shape index (κ1) is 15.3. The molecule has 3 N–H and O–H groups in total. The van der Waals surface area contributed by atoms with Gasteiger partial charge in [0.2, 0.25) is 0 Å². The number of hydrogen-bond donors (Lipinski definition) is 2. The summed E-state index contributed by atoms with van der Waals surface area (Å²) < 4.78 is 5.03. The molecule has 0 aromatic carbocycles. The SMILES string of the molecule is COCC(C)NC(N)=NCCCCC1CCCC1. The minimum Gasteiger partial charge on any atom is -0.383 e. The average Bonchev–Trinajstić information content (AvgIpc) is 2.81. The Bertz CT molecular complexity index is 237. The van der Waals surface area contributed by atoms with Gasteiger partial charge < -0.3 is 15.8 Å². The standard InChI is InChI=1S/C14H29N3O/c1-12(11-18-2)17-14(15)16-10-6-5-9-13-7-3-4-8-13/h12-13H,3-11H2,1-2H3,(H3,15,16,17). The fourth-order valence-electron chi connectivity index (χ4n) is 2.63. The van der Waals surface area contributed by atoms with Gasteiger partial charge in [-0.2, -0.15) is 0 Å². The first-order chi connectivity index (χ1) is 8.72. The smallest absolute Gasteiger partial charge is 0.188 e. The maximum Gasteiger partial charge on any atom is 0.188 e. The molecule has 1 aliphatic carbocycles. The highest BCUT2D eigenvalue weighted by Gasteiger charge is 2.13. The van der Waals surface area contributed by atoms with Gasteiger partial charge in [-0.25, -0.2) is 0 Å². The second-order valence-electron chi connectivity index (χ2n) is 5.41. The second-order valence-corrected chi connectivity index (χ2v) is 5.41. The van der Waals surface area contributed by atoms with Crippen molar-refractivity contribution in [3.63, 3.8) is 0 Å². The molecular weight excluding hydrogens is 226 g/mol. The van der Waals surface area contributed by atoms with Gasteiger partial charge in [0.05, 0.1) is 6.61 Å². The summed E-state index contributed by atoms with van der Waals surface area (Å²) in [7, 11) is 1.69. The van der Waals surface area contributed by atoms with Crippen molar-refractivity contribution < 1.29 is 4.74 Å². The van der Waals surface area contributed by atoms with E-state index in [1.54, 1.807) is 7.11 Å². The van der Waals surface area contributed by atoms with Crippen LogP contribution in [0.4, 0.5) is 0 Å². The molecule has 1 atom stereocenters. The average molecular weight is 255 g/mol. The summed E-state index contributed by atoms with van der Waals surface area (Å²) in [6.07, 6.45) is 9.59. The first-order valence-corrected chi connectivity index (χ1v) is 7.27. The van der Waals surface area contributed by atoms with Crippen LogP contribution in [-0.4, -0.2) is 32.3 Å². The Hall–Kier alpha value is -0.770. The molecule has 0 aliphatic heterocycles. The van der Waals surface area contributed by atoms with Crippen molar-refractivity contribution in [1.29, 1.82) is 0 Å². The van der Waals surface area contributed by atoms with Crippen LogP contribution in [0, 0.1) is 5.92 Å². The monoisotopic (exact) mass is 255 g/mol. The predicted molar refractivity (Wildman–Crippen MR) is 76.8 cm³/mol. The van der Waals surface area contributed by atoms with Crippen LogP contribution >= 0.6 is 0 Å². The molecule has 0 spiro atoms. The lowest BCUT2D eigenvalue weighted by atomic mass is 10.0. The largest absolute Gasteiger partial charge is 0.383 e. The van der Waals surface area contributed by atoms with Crippen molar-refractivity contribution in [3.05, 3.63) is 0 Å². The molecule has 0 amide bonds. The van der Waals surface area contributed by atoms with E-state index < -0.39 is 0 Å². The number of unbranched alkanes of at least 4 members (excludes halogenated alkanes) is 1. The molecule has 1 aliphatic rings. The van der Waals surface area contributed by atoms with E-state index in [1.807, 2.05) is 6.92 Å². The fraction of sp³-hybridized carbons (Fsp3) is 0.929. The van der Waals surface area contributed by atoms with Gasteiger partial charge in [-0.3, -0.25) is 4.99 Å². The minimum absolute atomic E-state index is 0.220. The summed E-state index contributed by atoms with van der Waals surface area (Å²) in [6, 6.07) is 0.220. The molecule has 4 heteroatoms. The summed E-state index contributed by atoms with van der Waals surface area (Å²) >= 11 is 0. The van der Waals surface area contributed by atoms with Crippen LogP contribution in [0.3, 0.4) is 0 Å². The molecule has 4 nitrogen and oxygen atoms in total. The zero-order chi connectivity index (χ0) is 13.2. The maximum atomic E-state index is 5.79. The molecule has 1 unspecified atom stereocenters. The summed E-state index contributed by atoms with van der Waals surface area (Å²) in [4.78, 5) is 4.34. The van der Waals surface area contributed by atoms with Crippen LogP contribution in [0.25, 0.3) is 0 Å². The van der Waals surface area contributed by atoms with Crippen molar-refractivity contribution in [3.8, 4) is 0 Å². The van der Waals surface area contributed by atoms with Crippen LogP contribution in [0.2, 0.25) is 0 Å². The van der Waals surface area contributed by atoms with Gasteiger partial charge in [0.25, 0.3) is 0 Å². The predicted octanol–water partition coefficient (Wildman–Crippen LogP) is 2.29. The Morgan fingerprint density at radius 3 is 2.78 bits per heavy atom. The Morgan fingerprint density at radius 1 is 1.39 bits per heavy atom. The third-order valence-corrected chi connectivity index (χ3v) is 3.59. The molecule has 106 valence electrons. The minimum atomic E-state index is 0.220. The zero-order valence-electron chi connectivity index (χ0n) is 12.0. The number of hydrogen-bond acceptors (Lipinski definition) is 2. The van der Waals surface area contributed by atoms with Crippen LogP contribution in [0.5, 0.6) is 0 Å². The van der Waals surface area contributed by atoms with Crippen LogP contribution < -0.4 is 11.1 Å². The number of nitrogens with one attached hydrogen (secondary N) is 1. The molecular formula is C14H29N3O. The third kappa shape index (κ3) is 6.84. The summed E-state index contributed by atoms with van der Waals surface area (Å²) in [5.74, 6) is 1.53. The topological polar surface area (TPSA) is 59.6 Å². The maximum absolute atomic E-state index is 5.79. The van der Waals surface area contributed by atoms with Crippen molar-refractivity contribution in [1.82, 2.24) is 5.32 Å². The lowest BCUT2D eigenvalue weighted by Gasteiger charge is -2.13. The molecule has 1 fully saturated rings. The van der Waals surface area contributed by atoms with Gasteiger partial charge in [-0.15, -0.1) is 0 Å². The van der Waals surface area contributed by atoms with E-state index >= 15 is 0 Å². The number of guanidine groups is 1. The van der Waals surface area contributed by atoms with E-state index in [-0.39, 0.29) is 6.04 Å². The highest BCUT2D eigenvalue weighted by Crippen LogP contribution is 2.28. The Labute approximate surface area is 111 Å². The zero-order valence-corrected chi connectivity index (χ0v) is 12.0. The quantitative estimate of drug-likeness (QED) is 0.397. The number of rotatable bonds is 8. The van der Waals surface area contributed by atoms with Crippen molar-refractivity contribution >= 4 is 5.96 Å². The Balaban J connectivity index is 2.00. The van der Waals surface area contributed by atoms with Crippen LogP contribution in [0.15, 0.2) is 4.99 Å². The Morgan fingerprint density at radius 2 is 2.11 bits per heavy atom. The van der Waals surface area contributed by atoms with Gasteiger partial charge in [0.15, 0.2) is 5.96 Å². The number of aliphatic imine (C=N–C) groups is 1. The first-order valence-electron chi connectivity index (χ1n) is 7.27. The van der Waals surface area contributed by atoms with E-state index in [2.05, 4.69) is 10.3 Å². The third-order valence-electron chi connectivity index (χ3n) is 3.59. The summed E-state index contributed by atoms with van der Waals surface area (Å²) in [6.45, 7) is 3.52. The number of methoxy groups -OCH3 is 1. The van der Waals surface area contributed by atoms with E-state index in [9.17, 15) is 0 Å². The van der Waals surface area contributed by atoms with E-state index in [1.165, 1.54) is 38.5 Å². The van der Waals surface area contributed by atoms with E-state index in [4.69, 9.17) is 10.5 Å². The second kappa shape index (κ2) is 9.20. The Kier molecular flexibility index (Phi) is 7.81. The van der Waals surface area contributed by atoms with E-state index in [0.29, 0.717) is 12.6 Å². The van der Waals surface area contributed by atoms with Gasteiger partial charge in [0, 0.05) is 19.7 Å². The number of nitrogens with two attached hydrogens (primary N) is 1. The fourth-order valence-corrected chi connectivity index (χ4v) is 2.63. The van der Waals surface area contributed by atoms with Gasteiger partial charge in [-0.1, -0.05) is 38.5 Å². The molecule has 1 rings (SSSR count). The lowest BCUT2D eigenvalue weighted by Crippen LogP contribution is -2.40. The van der Waals surface area contributed by atoms with E-state index in [0.717, 1.165) is 18.9 Å². The molecule has 0 saturated heterocycles. The normalized spacial score (nSPS) is 19.1. The molecule has 0 heterocycles. The molecule has 0 aromatic heterocycles. The molecule has 0 aromatic rings. The van der Waals surface area contributed by atoms with Crippen molar-refractivity contribution in [2.75, 3.05) is 20.3 Å². The molecule has 18 heavy (non-hydrogen) atoms. The summed E-state index contributed by atoms with van der Waals surface area (Å²) in [5.41, 5.74) is 5.79. The van der Waals surface area contributed by atoms with Gasteiger partial charge in [-0.05, 0) is 19.3 Å².